The third-order valence-corrected chi connectivity index (χ3v) is 2.73. The molecule has 0 spiro atoms. The number of benzene rings is 1. The number of anilines is 1. The van der Waals surface area contributed by atoms with Crippen molar-refractivity contribution in [3.63, 3.8) is 0 Å². The topological polar surface area (TPSA) is 52.6 Å². The molecule has 0 saturated carbocycles. The Balaban J connectivity index is 2.56. The van der Waals surface area contributed by atoms with Gasteiger partial charge in [-0.1, -0.05) is 17.7 Å². The Bertz CT molecular complexity index is 450. The summed E-state index contributed by atoms with van der Waals surface area (Å²) in [5.74, 6) is -0.0706. The molecule has 4 nitrogen and oxygen atoms in total. The first-order valence-corrected chi connectivity index (χ1v) is 6.45. The second-order valence-corrected chi connectivity index (χ2v) is 5.85. The monoisotopic (exact) mass is 264 g/mol. The average Bonchev–Trinajstić information content (AvgIpc) is 2.19. The molecular weight excluding hydrogens is 240 g/mol. The van der Waals surface area contributed by atoms with Crippen molar-refractivity contribution in [3.8, 4) is 0 Å². The van der Waals surface area contributed by atoms with Gasteiger partial charge in [0.25, 0.3) is 0 Å². The molecule has 0 atom stereocenters. The van der Waals surface area contributed by atoms with E-state index in [2.05, 4.69) is 5.32 Å². The van der Waals surface area contributed by atoms with E-state index in [-0.39, 0.29) is 12.5 Å². The van der Waals surface area contributed by atoms with Gasteiger partial charge in [-0.15, -0.1) is 0 Å². The van der Waals surface area contributed by atoms with Crippen LogP contribution in [0.3, 0.4) is 0 Å². The molecule has 4 heteroatoms. The molecule has 1 amide bonds. The maximum absolute atomic E-state index is 11.9. The minimum absolute atomic E-state index is 0.0706. The summed E-state index contributed by atoms with van der Waals surface area (Å²) in [7, 11) is 1.82. The first-order valence-electron chi connectivity index (χ1n) is 6.45. The first kappa shape index (κ1) is 15.7. The summed E-state index contributed by atoms with van der Waals surface area (Å²) in [4.78, 5) is 13.7. The van der Waals surface area contributed by atoms with Crippen molar-refractivity contribution in [2.75, 3.05) is 25.5 Å². The van der Waals surface area contributed by atoms with Crippen molar-refractivity contribution in [3.05, 3.63) is 29.3 Å². The minimum atomic E-state index is -0.797. The molecule has 0 bridgehead atoms. The number of amides is 1. The number of hydrogen-bond donors (Lipinski definition) is 2. The second kappa shape index (κ2) is 6.17. The number of nitrogens with one attached hydrogen (secondary N) is 1. The number of aryl methyl sites for hydroxylation is 2. The normalized spacial score (nSPS) is 11.7. The Morgan fingerprint density at radius 3 is 2.53 bits per heavy atom. The molecule has 19 heavy (non-hydrogen) atoms. The van der Waals surface area contributed by atoms with Gasteiger partial charge in [-0.05, 0) is 46.4 Å². The van der Waals surface area contributed by atoms with Crippen LogP contribution in [-0.4, -0.2) is 41.7 Å². The largest absolute Gasteiger partial charge is 0.389 e. The van der Waals surface area contributed by atoms with E-state index in [0.717, 1.165) is 11.3 Å². The molecule has 0 aliphatic carbocycles. The van der Waals surface area contributed by atoms with Crippen LogP contribution in [0, 0.1) is 13.8 Å². The lowest BCUT2D eigenvalue weighted by Crippen LogP contribution is -2.40. The van der Waals surface area contributed by atoms with Gasteiger partial charge in [0.2, 0.25) is 5.91 Å². The van der Waals surface area contributed by atoms with Gasteiger partial charge < -0.3 is 10.4 Å². The summed E-state index contributed by atoms with van der Waals surface area (Å²) in [5, 5.41) is 12.6. The molecule has 2 N–H and O–H groups in total. The van der Waals surface area contributed by atoms with E-state index in [9.17, 15) is 9.90 Å². The summed E-state index contributed by atoms with van der Waals surface area (Å²) in [6.07, 6.45) is 0. The van der Waals surface area contributed by atoms with Gasteiger partial charge in [0.05, 0.1) is 12.1 Å². The number of rotatable bonds is 5. The fourth-order valence-corrected chi connectivity index (χ4v) is 2.11. The van der Waals surface area contributed by atoms with Crippen molar-refractivity contribution in [1.82, 2.24) is 4.90 Å². The Labute approximate surface area is 115 Å². The third kappa shape index (κ3) is 5.85. The van der Waals surface area contributed by atoms with Gasteiger partial charge >= 0.3 is 0 Å². The lowest BCUT2D eigenvalue weighted by Gasteiger charge is -2.25. The zero-order valence-corrected chi connectivity index (χ0v) is 12.4. The molecule has 1 aromatic carbocycles. The Morgan fingerprint density at radius 1 is 1.37 bits per heavy atom. The van der Waals surface area contributed by atoms with Crippen LogP contribution in [-0.2, 0) is 4.79 Å². The van der Waals surface area contributed by atoms with E-state index in [4.69, 9.17) is 0 Å². The van der Waals surface area contributed by atoms with Crippen LogP contribution in [0.5, 0.6) is 0 Å². The van der Waals surface area contributed by atoms with Crippen LogP contribution in [0.4, 0.5) is 5.69 Å². The average molecular weight is 264 g/mol. The second-order valence-electron chi connectivity index (χ2n) is 5.85. The van der Waals surface area contributed by atoms with Crippen molar-refractivity contribution in [2.24, 2.45) is 0 Å². The maximum Gasteiger partial charge on any atom is 0.238 e. The standard InChI is InChI=1S/C15H24N2O2/c1-11-6-7-13(12(2)8-11)16-14(18)9-17(5)10-15(3,4)19/h6-8,19H,9-10H2,1-5H3,(H,16,18). The van der Waals surface area contributed by atoms with Gasteiger partial charge in [-0.2, -0.15) is 0 Å². The molecule has 0 aliphatic heterocycles. The van der Waals surface area contributed by atoms with Crippen LogP contribution < -0.4 is 5.32 Å². The van der Waals surface area contributed by atoms with Crippen LogP contribution in [0.2, 0.25) is 0 Å². The number of aliphatic hydroxyl groups is 1. The Kier molecular flexibility index (Phi) is 5.09. The Morgan fingerprint density at radius 2 is 2.00 bits per heavy atom. The molecule has 1 aromatic rings. The smallest absolute Gasteiger partial charge is 0.238 e. The molecule has 0 fully saturated rings. The van der Waals surface area contributed by atoms with Crippen molar-refractivity contribution < 1.29 is 9.90 Å². The fraction of sp³-hybridized carbons (Fsp3) is 0.533. The van der Waals surface area contributed by atoms with Crippen molar-refractivity contribution in [1.29, 1.82) is 0 Å². The SMILES string of the molecule is Cc1ccc(NC(=O)CN(C)CC(C)(C)O)c(C)c1. The van der Waals surface area contributed by atoms with E-state index in [0.29, 0.717) is 6.54 Å². The summed E-state index contributed by atoms with van der Waals surface area (Å²) in [6, 6.07) is 5.93. The lowest BCUT2D eigenvalue weighted by atomic mass is 10.1. The van der Waals surface area contributed by atoms with E-state index >= 15 is 0 Å². The van der Waals surface area contributed by atoms with Gasteiger partial charge in [-0.25, -0.2) is 0 Å². The summed E-state index contributed by atoms with van der Waals surface area (Å²) in [5.41, 5.74) is 2.27. The summed E-state index contributed by atoms with van der Waals surface area (Å²) < 4.78 is 0. The predicted octanol–water partition coefficient (Wildman–Crippen LogP) is 1.94. The molecular formula is C15H24N2O2. The molecule has 0 unspecified atom stereocenters. The number of nitrogens with zero attached hydrogens (tertiary/aromatic N) is 1. The van der Waals surface area contributed by atoms with E-state index in [1.807, 2.05) is 39.1 Å². The molecule has 1 rings (SSSR count). The van der Waals surface area contributed by atoms with Gasteiger partial charge in [0.15, 0.2) is 0 Å². The van der Waals surface area contributed by atoms with Gasteiger partial charge in [0, 0.05) is 12.2 Å². The van der Waals surface area contributed by atoms with Crippen LogP contribution >= 0.6 is 0 Å². The maximum atomic E-state index is 11.9. The zero-order valence-electron chi connectivity index (χ0n) is 12.4. The van der Waals surface area contributed by atoms with E-state index < -0.39 is 5.60 Å². The zero-order chi connectivity index (χ0) is 14.6. The number of likely N-dealkylation sites (N-methyl/N-ethyl adjacent to an activating group) is 1. The van der Waals surface area contributed by atoms with Gasteiger partial charge in [0.1, 0.15) is 0 Å². The highest BCUT2D eigenvalue weighted by molar-refractivity contribution is 5.92. The minimum Gasteiger partial charge on any atom is -0.389 e. The highest BCUT2D eigenvalue weighted by atomic mass is 16.3. The number of carbonyl (C=O) groups is 1. The van der Waals surface area contributed by atoms with Gasteiger partial charge in [-0.3, -0.25) is 9.69 Å². The molecule has 106 valence electrons. The highest BCUT2D eigenvalue weighted by Gasteiger charge is 2.17. The van der Waals surface area contributed by atoms with Crippen molar-refractivity contribution >= 4 is 11.6 Å². The molecule has 0 radical (unpaired) electrons. The predicted molar refractivity (Wildman–Crippen MR) is 78.3 cm³/mol. The molecule has 0 heterocycles. The first-order chi connectivity index (χ1) is 8.67. The molecule has 0 aromatic heterocycles. The molecule has 0 aliphatic rings. The number of hydrogen-bond acceptors (Lipinski definition) is 3. The van der Waals surface area contributed by atoms with E-state index in [1.54, 1.807) is 18.7 Å². The molecule has 0 saturated heterocycles. The highest BCUT2D eigenvalue weighted by Crippen LogP contribution is 2.15. The van der Waals surface area contributed by atoms with Crippen molar-refractivity contribution in [2.45, 2.75) is 33.3 Å². The third-order valence-electron chi connectivity index (χ3n) is 2.73. The van der Waals surface area contributed by atoms with Crippen LogP contribution in [0.15, 0.2) is 18.2 Å². The lowest BCUT2D eigenvalue weighted by molar-refractivity contribution is -0.117. The van der Waals surface area contributed by atoms with Crippen LogP contribution in [0.1, 0.15) is 25.0 Å². The quantitative estimate of drug-likeness (QED) is 0.854. The number of carbonyl (C=O) groups excluding carboxylic acids is 1. The fourth-order valence-electron chi connectivity index (χ4n) is 2.11. The Hall–Kier alpha value is -1.39. The van der Waals surface area contributed by atoms with E-state index in [1.165, 1.54) is 5.56 Å². The van der Waals surface area contributed by atoms with Crippen LogP contribution in [0.25, 0.3) is 0 Å². The summed E-state index contributed by atoms with van der Waals surface area (Å²) >= 11 is 0. The summed E-state index contributed by atoms with van der Waals surface area (Å²) in [6.45, 7) is 8.17.